The number of imide groups is 1. The molecule has 0 N–H and O–H groups in total. The van der Waals surface area contributed by atoms with Crippen LogP contribution < -0.4 is 9.64 Å². The van der Waals surface area contributed by atoms with Crippen LogP contribution in [0.2, 0.25) is 0 Å². The summed E-state index contributed by atoms with van der Waals surface area (Å²) in [5.74, 6) is 0.177. The third-order valence-corrected chi connectivity index (χ3v) is 5.57. The molecule has 0 unspecified atom stereocenters. The van der Waals surface area contributed by atoms with E-state index in [4.69, 9.17) is 4.74 Å². The van der Waals surface area contributed by atoms with E-state index < -0.39 is 0 Å². The maximum Gasteiger partial charge on any atom is 0.288 e. The van der Waals surface area contributed by atoms with E-state index in [2.05, 4.69) is 9.80 Å². The second-order valence-electron chi connectivity index (χ2n) is 7.04. The fourth-order valence-electron chi connectivity index (χ4n) is 3.36. The van der Waals surface area contributed by atoms with Gasteiger partial charge >= 0.3 is 0 Å². The van der Waals surface area contributed by atoms with Crippen molar-refractivity contribution in [1.82, 2.24) is 9.80 Å². The second kappa shape index (κ2) is 10.3. The lowest BCUT2D eigenvalue weighted by Gasteiger charge is -2.37. The van der Waals surface area contributed by atoms with Gasteiger partial charge in [0.15, 0.2) is 11.6 Å². The predicted molar refractivity (Wildman–Crippen MR) is 112 cm³/mol. The van der Waals surface area contributed by atoms with Crippen LogP contribution in [0.4, 0.5) is 14.9 Å². The van der Waals surface area contributed by atoms with E-state index >= 15 is 0 Å². The fraction of sp³-hybridized carbons (Fsp3) is 0.579. The lowest BCUT2D eigenvalue weighted by atomic mass is 10.2. The first-order valence-electron chi connectivity index (χ1n) is 9.35. The summed E-state index contributed by atoms with van der Waals surface area (Å²) in [6.45, 7) is 8.40. The number of carbonyl (C=O) groups excluding carboxylic acids is 2. The minimum absolute atomic E-state index is 0. The van der Waals surface area contributed by atoms with Gasteiger partial charge < -0.3 is 9.64 Å². The Hall–Kier alpha value is -1.51. The molecule has 2 amide bonds. The highest BCUT2D eigenvalue weighted by molar-refractivity contribution is 8.14. The minimum atomic E-state index is -0.332. The van der Waals surface area contributed by atoms with Gasteiger partial charge in [-0.05, 0) is 38.9 Å². The van der Waals surface area contributed by atoms with Crippen LogP contribution >= 0.6 is 24.2 Å². The van der Waals surface area contributed by atoms with Crippen LogP contribution in [0.5, 0.6) is 5.75 Å². The number of para-hydroxylation sites is 1. The fourth-order valence-corrected chi connectivity index (χ4v) is 4.11. The van der Waals surface area contributed by atoms with E-state index in [-0.39, 0.29) is 41.2 Å². The van der Waals surface area contributed by atoms with E-state index in [1.807, 2.05) is 19.9 Å². The molecule has 0 aliphatic carbocycles. The van der Waals surface area contributed by atoms with Gasteiger partial charge in [0.2, 0.25) is 5.91 Å². The molecule has 2 aliphatic heterocycles. The predicted octanol–water partition coefficient (Wildman–Crippen LogP) is 3.24. The van der Waals surface area contributed by atoms with Crippen molar-refractivity contribution in [2.45, 2.75) is 26.4 Å². The maximum atomic E-state index is 14.2. The van der Waals surface area contributed by atoms with Gasteiger partial charge in [-0.15, -0.1) is 12.4 Å². The van der Waals surface area contributed by atoms with E-state index in [1.54, 1.807) is 6.07 Å². The van der Waals surface area contributed by atoms with Gasteiger partial charge in [0.1, 0.15) is 0 Å². The number of carbonyl (C=O) groups is 2. The topological polar surface area (TPSA) is 53.1 Å². The number of anilines is 1. The molecule has 0 atom stereocenters. The molecule has 156 valence electrons. The Morgan fingerprint density at radius 3 is 2.46 bits per heavy atom. The number of hydrogen-bond donors (Lipinski definition) is 0. The summed E-state index contributed by atoms with van der Waals surface area (Å²) in [5, 5.41) is -0.131. The normalized spacial score (nSPS) is 18.0. The summed E-state index contributed by atoms with van der Waals surface area (Å²) >= 11 is 1.08. The number of nitrogens with zero attached hydrogens (tertiary/aromatic N) is 3. The summed E-state index contributed by atoms with van der Waals surface area (Å²) in [6.07, 6.45) is 0.691. The molecule has 3 rings (SSSR count). The lowest BCUT2D eigenvalue weighted by molar-refractivity contribution is -0.124. The zero-order chi connectivity index (χ0) is 19.4. The summed E-state index contributed by atoms with van der Waals surface area (Å²) in [4.78, 5) is 29.1. The Morgan fingerprint density at radius 1 is 1.14 bits per heavy atom. The molecule has 2 heterocycles. The highest BCUT2D eigenvalue weighted by Gasteiger charge is 2.29. The molecule has 1 aromatic rings. The highest BCUT2D eigenvalue weighted by Crippen LogP contribution is 2.32. The van der Waals surface area contributed by atoms with E-state index in [9.17, 15) is 14.0 Å². The van der Waals surface area contributed by atoms with Gasteiger partial charge in [0, 0.05) is 32.7 Å². The molecule has 0 bridgehead atoms. The molecular weight excluding hydrogens is 405 g/mol. The first-order chi connectivity index (χ1) is 13.0. The van der Waals surface area contributed by atoms with Crippen molar-refractivity contribution in [3.8, 4) is 5.75 Å². The van der Waals surface area contributed by atoms with Crippen molar-refractivity contribution < 1.29 is 18.7 Å². The molecule has 2 aliphatic rings. The minimum Gasteiger partial charge on any atom is -0.486 e. The average molecular weight is 432 g/mol. The number of benzene rings is 1. The standard InChI is InChI=1S/C19H26FN3O3S.ClH/c1-14(2)26-18-15(20)5-3-6-16(18)22-11-9-21(10-12-22)7-4-8-23-17(24)13-27-19(23)25;/h3,5-6,14H,4,7-13H2,1-2H3;1H. The number of piperazine rings is 1. The molecular formula is C19H27ClFN3O3S. The van der Waals surface area contributed by atoms with Crippen LogP contribution in [-0.2, 0) is 4.79 Å². The summed E-state index contributed by atoms with van der Waals surface area (Å²) < 4.78 is 19.9. The van der Waals surface area contributed by atoms with Crippen molar-refractivity contribution in [2.24, 2.45) is 0 Å². The molecule has 9 heteroatoms. The number of rotatable bonds is 7. The van der Waals surface area contributed by atoms with Gasteiger partial charge in [-0.25, -0.2) is 4.39 Å². The molecule has 6 nitrogen and oxygen atoms in total. The highest BCUT2D eigenvalue weighted by atomic mass is 35.5. The average Bonchev–Trinajstić information content (AvgIpc) is 2.96. The molecule has 2 saturated heterocycles. The van der Waals surface area contributed by atoms with Crippen LogP contribution in [0, 0.1) is 5.82 Å². The third kappa shape index (κ3) is 5.52. The molecule has 0 saturated carbocycles. The first-order valence-corrected chi connectivity index (χ1v) is 10.3. The smallest absolute Gasteiger partial charge is 0.288 e. The molecule has 0 radical (unpaired) electrons. The Morgan fingerprint density at radius 2 is 1.86 bits per heavy atom. The lowest BCUT2D eigenvalue weighted by Crippen LogP contribution is -2.47. The van der Waals surface area contributed by atoms with E-state index in [0.717, 1.165) is 56.6 Å². The van der Waals surface area contributed by atoms with Crippen molar-refractivity contribution in [3.05, 3.63) is 24.0 Å². The Kier molecular flexibility index (Phi) is 8.39. The molecule has 0 aromatic heterocycles. The van der Waals surface area contributed by atoms with Crippen molar-refractivity contribution in [2.75, 3.05) is 49.9 Å². The van der Waals surface area contributed by atoms with Gasteiger partial charge in [-0.1, -0.05) is 17.8 Å². The van der Waals surface area contributed by atoms with Crippen LogP contribution in [0.1, 0.15) is 20.3 Å². The third-order valence-electron chi connectivity index (χ3n) is 4.71. The van der Waals surface area contributed by atoms with Crippen LogP contribution in [0.25, 0.3) is 0 Å². The second-order valence-corrected chi connectivity index (χ2v) is 7.96. The van der Waals surface area contributed by atoms with Gasteiger partial charge in [-0.2, -0.15) is 0 Å². The Bertz CT molecular complexity index is 683. The summed E-state index contributed by atoms with van der Waals surface area (Å²) in [7, 11) is 0. The zero-order valence-corrected chi connectivity index (χ0v) is 17.9. The molecule has 0 spiro atoms. The Labute approximate surface area is 175 Å². The number of thioether (sulfide) groups is 1. The van der Waals surface area contributed by atoms with Gasteiger partial charge in [0.25, 0.3) is 5.24 Å². The number of halogens is 2. The van der Waals surface area contributed by atoms with Crippen LogP contribution in [0.15, 0.2) is 18.2 Å². The molecule has 28 heavy (non-hydrogen) atoms. The largest absolute Gasteiger partial charge is 0.486 e. The number of hydrogen-bond acceptors (Lipinski definition) is 6. The van der Waals surface area contributed by atoms with Crippen molar-refractivity contribution in [1.29, 1.82) is 0 Å². The quantitative estimate of drug-likeness (QED) is 0.660. The number of ether oxygens (including phenoxy) is 1. The van der Waals surface area contributed by atoms with Gasteiger partial charge in [0.05, 0.1) is 17.5 Å². The summed E-state index contributed by atoms with van der Waals surface area (Å²) in [6, 6.07) is 5.04. The first kappa shape index (κ1) is 22.8. The SMILES string of the molecule is CC(C)Oc1c(F)cccc1N1CCN(CCCN2C(=O)CSC2=O)CC1.Cl. The maximum absolute atomic E-state index is 14.2. The van der Waals surface area contributed by atoms with E-state index in [1.165, 1.54) is 11.0 Å². The van der Waals surface area contributed by atoms with Gasteiger partial charge in [-0.3, -0.25) is 19.4 Å². The van der Waals surface area contributed by atoms with Crippen molar-refractivity contribution >= 4 is 41.0 Å². The van der Waals surface area contributed by atoms with E-state index in [0.29, 0.717) is 12.3 Å². The molecule has 2 fully saturated rings. The molecule has 1 aromatic carbocycles. The van der Waals surface area contributed by atoms with Crippen LogP contribution in [-0.4, -0.2) is 72.1 Å². The Balaban J connectivity index is 0.00000280. The summed E-state index contributed by atoms with van der Waals surface area (Å²) in [5.41, 5.74) is 0.800. The zero-order valence-electron chi connectivity index (χ0n) is 16.2. The van der Waals surface area contributed by atoms with Crippen molar-refractivity contribution in [3.63, 3.8) is 0 Å². The monoisotopic (exact) mass is 431 g/mol. The van der Waals surface area contributed by atoms with Crippen LogP contribution in [0.3, 0.4) is 0 Å². The number of amides is 2.